The lowest BCUT2D eigenvalue weighted by Crippen LogP contribution is -2.54. The van der Waals surface area contributed by atoms with E-state index in [0.29, 0.717) is 32.2 Å². The van der Waals surface area contributed by atoms with Crippen LogP contribution in [0, 0.1) is 11.8 Å². The van der Waals surface area contributed by atoms with Crippen LogP contribution in [0.15, 0.2) is 30.3 Å². The van der Waals surface area contributed by atoms with Gasteiger partial charge in [-0.3, -0.25) is 19.2 Å². The summed E-state index contributed by atoms with van der Waals surface area (Å²) in [5.74, 6) is -1.16. The van der Waals surface area contributed by atoms with E-state index < -0.39 is 36.0 Å². The molecule has 0 heterocycles. The summed E-state index contributed by atoms with van der Waals surface area (Å²) in [4.78, 5) is 50.9. The highest BCUT2D eigenvalue weighted by atomic mass is 16.3. The van der Waals surface area contributed by atoms with Crippen LogP contribution < -0.4 is 27.0 Å². The molecule has 4 atom stereocenters. The molecule has 0 radical (unpaired) electrons. The molecule has 0 aliphatic heterocycles. The SMILES string of the molecule is CNC(=O)[C@H](CC(C)C)NC(=O)C[C@H](O)[C@H](CC(C)C)NC(=O)[C@H](Cc1ccccc1)NC(=O)CCCCN. The molecule has 1 rings (SSSR count). The summed E-state index contributed by atoms with van der Waals surface area (Å²) in [6, 6.07) is 7.08. The predicted octanol–water partition coefficient (Wildman–Crippen LogP) is 1.40. The van der Waals surface area contributed by atoms with Crippen LogP contribution in [0.2, 0.25) is 0 Å². The largest absolute Gasteiger partial charge is 0.390 e. The minimum atomic E-state index is -1.18. The van der Waals surface area contributed by atoms with Gasteiger partial charge in [0.05, 0.1) is 18.6 Å². The molecule has 0 spiro atoms. The number of unbranched alkanes of at least 4 members (excludes halogenated alkanes) is 1. The van der Waals surface area contributed by atoms with Crippen molar-refractivity contribution >= 4 is 23.6 Å². The molecule has 220 valence electrons. The van der Waals surface area contributed by atoms with Crippen LogP contribution in [0.5, 0.6) is 0 Å². The van der Waals surface area contributed by atoms with Crippen molar-refractivity contribution in [3.05, 3.63) is 35.9 Å². The van der Waals surface area contributed by atoms with Crippen LogP contribution in [0.1, 0.15) is 71.8 Å². The Hall–Kier alpha value is -2.98. The van der Waals surface area contributed by atoms with E-state index in [4.69, 9.17) is 5.73 Å². The van der Waals surface area contributed by atoms with Gasteiger partial charge in [0.15, 0.2) is 0 Å². The number of aliphatic hydroxyl groups excluding tert-OH is 1. The molecule has 10 nitrogen and oxygen atoms in total. The first-order valence-corrected chi connectivity index (χ1v) is 14.0. The number of carbonyl (C=O) groups excluding carboxylic acids is 4. The first kappa shape index (κ1) is 34.0. The molecule has 0 saturated heterocycles. The second kappa shape index (κ2) is 18.3. The van der Waals surface area contributed by atoms with Crippen LogP contribution in [-0.2, 0) is 25.6 Å². The van der Waals surface area contributed by atoms with Crippen molar-refractivity contribution in [3.8, 4) is 0 Å². The molecule has 7 N–H and O–H groups in total. The molecule has 0 aromatic heterocycles. The summed E-state index contributed by atoms with van der Waals surface area (Å²) < 4.78 is 0. The van der Waals surface area contributed by atoms with E-state index in [1.807, 2.05) is 58.0 Å². The van der Waals surface area contributed by atoms with E-state index >= 15 is 0 Å². The van der Waals surface area contributed by atoms with Gasteiger partial charge in [0.2, 0.25) is 23.6 Å². The van der Waals surface area contributed by atoms with Crippen LogP contribution in [0.25, 0.3) is 0 Å². The van der Waals surface area contributed by atoms with Gasteiger partial charge < -0.3 is 32.1 Å². The summed E-state index contributed by atoms with van der Waals surface area (Å²) in [5, 5.41) is 22.0. The van der Waals surface area contributed by atoms with Crippen LogP contribution in [-0.4, -0.2) is 66.6 Å². The van der Waals surface area contributed by atoms with Crippen molar-refractivity contribution in [2.45, 2.75) is 96.9 Å². The number of hydrogen-bond donors (Lipinski definition) is 6. The Morgan fingerprint density at radius 2 is 1.44 bits per heavy atom. The highest BCUT2D eigenvalue weighted by Crippen LogP contribution is 2.14. The zero-order valence-corrected chi connectivity index (χ0v) is 24.2. The lowest BCUT2D eigenvalue weighted by atomic mass is 9.95. The Morgan fingerprint density at radius 3 is 2.00 bits per heavy atom. The molecular weight excluding hydrogens is 498 g/mol. The van der Waals surface area contributed by atoms with E-state index in [1.165, 1.54) is 7.05 Å². The Morgan fingerprint density at radius 1 is 0.821 bits per heavy atom. The zero-order chi connectivity index (χ0) is 29.4. The summed E-state index contributed by atoms with van der Waals surface area (Å²) >= 11 is 0. The highest BCUT2D eigenvalue weighted by molar-refractivity contribution is 5.89. The van der Waals surface area contributed by atoms with Crippen LogP contribution in [0.3, 0.4) is 0 Å². The van der Waals surface area contributed by atoms with E-state index in [1.54, 1.807) is 0 Å². The minimum Gasteiger partial charge on any atom is -0.390 e. The summed E-state index contributed by atoms with van der Waals surface area (Å²) in [6.07, 6.45) is 1.30. The molecule has 39 heavy (non-hydrogen) atoms. The smallest absolute Gasteiger partial charge is 0.243 e. The van der Waals surface area contributed by atoms with E-state index in [-0.39, 0.29) is 42.9 Å². The van der Waals surface area contributed by atoms with Crippen LogP contribution >= 0.6 is 0 Å². The third kappa shape index (κ3) is 14.1. The number of nitrogens with one attached hydrogen (secondary N) is 4. The van der Waals surface area contributed by atoms with E-state index in [2.05, 4.69) is 21.3 Å². The van der Waals surface area contributed by atoms with Gasteiger partial charge in [0.25, 0.3) is 0 Å². The monoisotopic (exact) mass is 547 g/mol. The number of rotatable bonds is 18. The van der Waals surface area contributed by atoms with E-state index in [9.17, 15) is 24.3 Å². The third-order valence-electron chi connectivity index (χ3n) is 6.31. The number of amides is 4. The van der Waals surface area contributed by atoms with Gasteiger partial charge in [-0.2, -0.15) is 0 Å². The first-order chi connectivity index (χ1) is 18.5. The summed E-state index contributed by atoms with van der Waals surface area (Å²) in [7, 11) is 1.51. The molecule has 1 aromatic rings. The normalized spacial score (nSPS) is 14.3. The molecule has 0 fully saturated rings. The molecule has 0 unspecified atom stereocenters. The Bertz CT molecular complexity index is 893. The second-order valence-electron chi connectivity index (χ2n) is 10.9. The minimum absolute atomic E-state index is 0.117. The Balaban J connectivity index is 2.98. The average Bonchev–Trinajstić information content (AvgIpc) is 2.87. The van der Waals surface area contributed by atoms with E-state index in [0.717, 1.165) is 5.56 Å². The number of aliphatic hydroxyl groups is 1. The lowest BCUT2D eigenvalue weighted by molar-refractivity contribution is -0.132. The maximum absolute atomic E-state index is 13.4. The Labute approximate surface area is 233 Å². The van der Waals surface area contributed by atoms with Crippen molar-refractivity contribution in [1.82, 2.24) is 21.3 Å². The standard InChI is InChI=1S/C29H49N5O5/c1-19(2)15-22(25(35)18-27(37)33-23(16-20(3)4)28(38)31-5)34-29(39)24(17-21-11-7-6-8-12-21)32-26(36)13-9-10-14-30/h6-8,11-12,19-20,22-25,35H,9-10,13-18,30H2,1-5H3,(H,31,38)(H,32,36)(H,33,37)(H,34,39)/t22-,23-,24-,25-/m0/s1. The molecule has 4 amide bonds. The Kier molecular flexibility index (Phi) is 16.0. The number of nitrogens with two attached hydrogens (primary N) is 1. The fraction of sp³-hybridized carbons (Fsp3) is 0.655. The molecule has 0 aliphatic rings. The van der Waals surface area contributed by atoms with Crippen molar-refractivity contribution < 1.29 is 24.3 Å². The maximum atomic E-state index is 13.4. The molecular formula is C29H49N5O5. The van der Waals surface area contributed by atoms with Crippen molar-refractivity contribution in [2.75, 3.05) is 13.6 Å². The van der Waals surface area contributed by atoms with Crippen molar-refractivity contribution in [3.63, 3.8) is 0 Å². The number of carbonyl (C=O) groups is 4. The van der Waals surface area contributed by atoms with Crippen molar-refractivity contribution in [2.24, 2.45) is 17.6 Å². The highest BCUT2D eigenvalue weighted by Gasteiger charge is 2.30. The molecule has 0 bridgehead atoms. The summed E-state index contributed by atoms with van der Waals surface area (Å²) in [6.45, 7) is 8.31. The first-order valence-electron chi connectivity index (χ1n) is 14.0. The third-order valence-corrected chi connectivity index (χ3v) is 6.31. The van der Waals surface area contributed by atoms with Gasteiger partial charge in [-0.25, -0.2) is 0 Å². The van der Waals surface area contributed by atoms with Gasteiger partial charge >= 0.3 is 0 Å². The van der Waals surface area contributed by atoms with Gasteiger partial charge in [-0.1, -0.05) is 58.0 Å². The zero-order valence-electron chi connectivity index (χ0n) is 24.2. The topological polar surface area (TPSA) is 163 Å². The van der Waals surface area contributed by atoms with Gasteiger partial charge in [0, 0.05) is 19.9 Å². The quantitative estimate of drug-likeness (QED) is 0.152. The van der Waals surface area contributed by atoms with Crippen molar-refractivity contribution in [1.29, 1.82) is 0 Å². The number of likely N-dealkylation sites (N-methyl/N-ethyl adjacent to an activating group) is 1. The molecule has 1 aromatic carbocycles. The fourth-order valence-electron chi connectivity index (χ4n) is 4.32. The summed E-state index contributed by atoms with van der Waals surface area (Å²) in [5.41, 5.74) is 6.41. The second-order valence-corrected chi connectivity index (χ2v) is 10.9. The molecule has 0 saturated carbocycles. The molecule has 10 heteroatoms. The predicted molar refractivity (Wildman–Crippen MR) is 152 cm³/mol. The lowest BCUT2D eigenvalue weighted by Gasteiger charge is -2.28. The van der Waals surface area contributed by atoms with Gasteiger partial charge in [-0.05, 0) is 49.6 Å². The number of benzene rings is 1. The fourth-order valence-corrected chi connectivity index (χ4v) is 4.32. The average molecular weight is 548 g/mol. The van der Waals surface area contributed by atoms with Gasteiger partial charge in [0.1, 0.15) is 12.1 Å². The maximum Gasteiger partial charge on any atom is 0.243 e. The van der Waals surface area contributed by atoms with Crippen LogP contribution in [0.4, 0.5) is 0 Å². The molecule has 0 aliphatic carbocycles. The van der Waals surface area contributed by atoms with Gasteiger partial charge in [-0.15, -0.1) is 0 Å². The number of hydrogen-bond acceptors (Lipinski definition) is 6.